The summed E-state index contributed by atoms with van der Waals surface area (Å²) in [5.41, 5.74) is 2.78. The van der Waals surface area contributed by atoms with Gasteiger partial charge in [-0.3, -0.25) is 4.79 Å². The van der Waals surface area contributed by atoms with Crippen molar-refractivity contribution < 1.29 is 19.4 Å². The van der Waals surface area contributed by atoms with Crippen LogP contribution in [-0.2, 0) is 20.9 Å². The van der Waals surface area contributed by atoms with E-state index < -0.39 is 11.5 Å². The van der Waals surface area contributed by atoms with E-state index in [2.05, 4.69) is 78.0 Å². The van der Waals surface area contributed by atoms with Gasteiger partial charge >= 0.3 is 5.97 Å². The number of aliphatic hydroxyl groups is 1. The van der Waals surface area contributed by atoms with E-state index in [4.69, 9.17) is 9.47 Å². The molecule has 0 amide bonds. The predicted molar refractivity (Wildman–Crippen MR) is 167 cm³/mol. The fourth-order valence-corrected chi connectivity index (χ4v) is 11.8. The normalized spacial score (nSPS) is 47.6. The molecule has 5 aliphatic carbocycles. The molecule has 5 aliphatic rings. The number of rotatable bonds is 4. The summed E-state index contributed by atoms with van der Waals surface area (Å²) in [6, 6.07) is 10.7. The molecule has 4 heteroatoms. The van der Waals surface area contributed by atoms with Gasteiger partial charge in [0.2, 0.25) is 0 Å². The lowest BCUT2D eigenvalue weighted by Gasteiger charge is -2.71. The van der Waals surface area contributed by atoms with Crippen LogP contribution in [0, 0.1) is 50.2 Å². The Morgan fingerprint density at radius 1 is 0.881 bits per heavy atom. The number of hydrogen-bond acceptors (Lipinski definition) is 4. The first-order chi connectivity index (χ1) is 19.7. The Hall–Kier alpha value is -1.65. The Balaban J connectivity index is 1.35. The van der Waals surface area contributed by atoms with E-state index in [1.54, 1.807) is 5.57 Å². The highest BCUT2D eigenvalue weighted by Gasteiger charge is 2.70. The molecular weight excluding hydrogens is 520 g/mol. The van der Waals surface area contributed by atoms with Crippen LogP contribution < -0.4 is 0 Å². The number of hydrogen-bond donors (Lipinski definition) is 1. The minimum atomic E-state index is -0.837. The molecular formula is C38H56O4. The first kappa shape index (κ1) is 30.4. The summed E-state index contributed by atoms with van der Waals surface area (Å²) in [6.45, 7) is 17.8. The summed E-state index contributed by atoms with van der Waals surface area (Å²) in [7, 11) is 1.48. The summed E-state index contributed by atoms with van der Waals surface area (Å²) in [5.74, 6) is 0.918. The Morgan fingerprint density at radius 3 is 2.29 bits per heavy atom. The van der Waals surface area contributed by atoms with Crippen molar-refractivity contribution in [1.82, 2.24) is 0 Å². The van der Waals surface area contributed by atoms with Crippen molar-refractivity contribution in [3.63, 3.8) is 0 Å². The summed E-state index contributed by atoms with van der Waals surface area (Å²) in [4.78, 5) is 13.2. The number of aliphatic hydroxyl groups excluding tert-OH is 1. The molecule has 0 spiro atoms. The van der Waals surface area contributed by atoms with Crippen LogP contribution >= 0.6 is 0 Å². The number of methoxy groups -OCH3 is 1. The van der Waals surface area contributed by atoms with Crippen LogP contribution in [0.1, 0.15) is 112 Å². The molecule has 10 atom stereocenters. The van der Waals surface area contributed by atoms with Gasteiger partial charge in [0.05, 0.1) is 31.3 Å². The summed E-state index contributed by atoms with van der Waals surface area (Å²) >= 11 is 0. The van der Waals surface area contributed by atoms with Gasteiger partial charge in [0, 0.05) is 5.41 Å². The van der Waals surface area contributed by atoms with E-state index in [1.165, 1.54) is 31.9 Å². The van der Waals surface area contributed by atoms with Crippen molar-refractivity contribution in [2.45, 2.75) is 125 Å². The maximum Gasteiger partial charge on any atom is 0.314 e. The molecule has 42 heavy (non-hydrogen) atoms. The van der Waals surface area contributed by atoms with Crippen molar-refractivity contribution in [3.05, 3.63) is 47.5 Å². The molecule has 0 aliphatic heterocycles. The zero-order valence-electron chi connectivity index (χ0n) is 27.6. The smallest absolute Gasteiger partial charge is 0.314 e. The average Bonchev–Trinajstić information content (AvgIpc) is 2.95. The molecule has 4 saturated carbocycles. The molecule has 4 fully saturated rings. The topological polar surface area (TPSA) is 55.8 Å². The van der Waals surface area contributed by atoms with Crippen molar-refractivity contribution >= 4 is 5.97 Å². The second kappa shape index (κ2) is 9.93. The molecule has 0 bridgehead atoms. The Bertz CT molecular complexity index is 1240. The fraction of sp³-hybridized carbons (Fsp3) is 0.763. The van der Waals surface area contributed by atoms with Crippen molar-refractivity contribution in [2.24, 2.45) is 50.2 Å². The van der Waals surface area contributed by atoms with Gasteiger partial charge in [-0.25, -0.2) is 0 Å². The quantitative estimate of drug-likeness (QED) is 0.288. The van der Waals surface area contributed by atoms with Gasteiger partial charge in [-0.15, -0.1) is 0 Å². The monoisotopic (exact) mass is 576 g/mol. The van der Waals surface area contributed by atoms with Crippen LogP contribution in [0.4, 0.5) is 0 Å². The van der Waals surface area contributed by atoms with E-state index in [9.17, 15) is 9.90 Å². The van der Waals surface area contributed by atoms with Gasteiger partial charge < -0.3 is 14.6 Å². The SMILES string of the molecule is COC(=O)[C@]1(C)C2CC[C@]3(C)C(CC=C4[C@@H]5CC(C)(C)C[C@@H](OCc6ccccc6)[C@]5(C)CC[C@]43C)[C@@]2(C)CC[C@@H]1O. The molecule has 2 unspecified atom stereocenters. The number of fused-ring (bicyclic) bond motifs is 7. The number of carbonyl (C=O) groups is 1. The number of ether oxygens (including phenoxy) is 2. The maximum absolute atomic E-state index is 13.2. The van der Waals surface area contributed by atoms with E-state index in [0.29, 0.717) is 24.9 Å². The van der Waals surface area contributed by atoms with Crippen LogP contribution in [0.2, 0.25) is 0 Å². The van der Waals surface area contributed by atoms with E-state index in [0.717, 1.165) is 32.1 Å². The van der Waals surface area contributed by atoms with Gasteiger partial charge in [-0.05, 0) is 110 Å². The molecule has 232 valence electrons. The minimum Gasteiger partial charge on any atom is -0.469 e. The molecule has 1 N–H and O–H groups in total. The number of esters is 1. The minimum absolute atomic E-state index is 0.00583. The lowest BCUT2D eigenvalue weighted by atomic mass is 9.33. The molecule has 0 heterocycles. The standard InChI is InChI=1S/C38H56O4/c1-33(2)22-27-26-14-15-28-35(4)18-17-30(39)38(7,32(40)41-8)29(35)16-19-37(28,6)36(26,5)21-20-34(27,3)31(23-33)42-24-25-12-10-9-11-13-25/h9-14,27-31,39H,15-24H2,1-8H3/t27-,28?,29?,30-,31+,34+,35+,36+,37+,38+/m0/s1. The number of carbonyl (C=O) groups excluding carboxylic acids is 1. The third-order valence-corrected chi connectivity index (χ3v) is 14.6. The van der Waals surface area contributed by atoms with Crippen LogP contribution in [0.3, 0.4) is 0 Å². The zero-order valence-corrected chi connectivity index (χ0v) is 27.6. The van der Waals surface area contributed by atoms with E-state index >= 15 is 0 Å². The van der Waals surface area contributed by atoms with Crippen molar-refractivity contribution in [1.29, 1.82) is 0 Å². The highest BCUT2D eigenvalue weighted by molar-refractivity contribution is 5.78. The molecule has 6 rings (SSSR count). The van der Waals surface area contributed by atoms with Gasteiger partial charge in [0.15, 0.2) is 0 Å². The summed E-state index contributed by atoms with van der Waals surface area (Å²) in [6.07, 6.45) is 11.8. The Labute approximate surface area is 255 Å². The summed E-state index contributed by atoms with van der Waals surface area (Å²) in [5, 5.41) is 11.2. The first-order valence-corrected chi connectivity index (χ1v) is 16.8. The Kier molecular flexibility index (Phi) is 7.18. The number of benzene rings is 1. The summed E-state index contributed by atoms with van der Waals surface area (Å²) < 4.78 is 12.2. The van der Waals surface area contributed by atoms with Crippen LogP contribution in [0.15, 0.2) is 42.0 Å². The zero-order chi connectivity index (χ0) is 30.3. The highest BCUT2D eigenvalue weighted by atomic mass is 16.5. The molecule has 1 aromatic carbocycles. The lowest BCUT2D eigenvalue weighted by Crippen LogP contribution is -2.66. The first-order valence-electron chi connectivity index (χ1n) is 16.8. The van der Waals surface area contributed by atoms with Crippen LogP contribution in [-0.4, -0.2) is 30.4 Å². The largest absolute Gasteiger partial charge is 0.469 e. The van der Waals surface area contributed by atoms with Crippen LogP contribution in [0.5, 0.6) is 0 Å². The molecule has 0 radical (unpaired) electrons. The molecule has 1 aromatic rings. The van der Waals surface area contributed by atoms with Gasteiger partial charge in [0.25, 0.3) is 0 Å². The van der Waals surface area contributed by atoms with E-state index in [1.807, 2.05) is 6.92 Å². The number of allylic oxidation sites excluding steroid dienone is 2. The fourth-order valence-electron chi connectivity index (χ4n) is 11.8. The third kappa shape index (κ3) is 4.09. The molecule has 0 saturated heterocycles. The van der Waals surface area contributed by atoms with Crippen LogP contribution in [0.25, 0.3) is 0 Å². The second-order valence-corrected chi connectivity index (χ2v) is 17.0. The molecule has 4 nitrogen and oxygen atoms in total. The van der Waals surface area contributed by atoms with E-state index in [-0.39, 0.29) is 45.1 Å². The maximum atomic E-state index is 13.2. The van der Waals surface area contributed by atoms with Gasteiger partial charge in [-0.1, -0.05) is 83.5 Å². The lowest BCUT2D eigenvalue weighted by molar-refractivity contribution is -0.222. The van der Waals surface area contributed by atoms with Gasteiger partial charge in [0.1, 0.15) is 0 Å². The third-order valence-electron chi connectivity index (χ3n) is 14.6. The van der Waals surface area contributed by atoms with Gasteiger partial charge in [-0.2, -0.15) is 0 Å². The van der Waals surface area contributed by atoms with Crippen molar-refractivity contribution in [2.75, 3.05) is 7.11 Å². The highest BCUT2D eigenvalue weighted by Crippen LogP contribution is 2.76. The molecule has 0 aromatic heterocycles. The predicted octanol–water partition coefficient (Wildman–Crippen LogP) is 8.52. The second-order valence-electron chi connectivity index (χ2n) is 17.0. The van der Waals surface area contributed by atoms with Crippen molar-refractivity contribution in [3.8, 4) is 0 Å². The Morgan fingerprint density at radius 2 is 1.60 bits per heavy atom. The average molecular weight is 577 g/mol.